The van der Waals surface area contributed by atoms with Gasteiger partial charge in [0, 0.05) is 24.7 Å². The van der Waals surface area contributed by atoms with Crippen LogP contribution in [0.25, 0.3) is 0 Å². The fourth-order valence-electron chi connectivity index (χ4n) is 1.62. The molecule has 2 rings (SSSR count). The third kappa shape index (κ3) is 2.74. The van der Waals surface area contributed by atoms with Crippen molar-refractivity contribution in [3.8, 4) is 0 Å². The Hall–Kier alpha value is -1.61. The number of benzene rings is 1. The lowest BCUT2D eigenvalue weighted by Crippen LogP contribution is -2.04. The van der Waals surface area contributed by atoms with Crippen molar-refractivity contribution in [1.29, 1.82) is 0 Å². The lowest BCUT2D eigenvalue weighted by Gasteiger charge is -2.03. The van der Waals surface area contributed by atoms with Gasteiger partial charge in [0.25, 0.3) is 0 Å². The van der Waals surface area contributed by atoms with Crippen molar-refractivity contribution < 1.29 is 4.79 Å². The number of carbonyl (C=O) groups is 1. The number of halogens is 1. The SMILES string of the molecule is Cc1ccc(CC(=O)c2cn(C)cn2)c(Cl)c1. The summed E-state index contributed by atoms with van der Waals surface area (Å²) in [5.41, 5.74) is 2.40. The van der Waals surface area contributed by atoms with Crippen LogP contribution in [-0.2, 0) is 13.5 Å². The van der Waals surface area contributed by atoms with Gasteiger partial charge < -0.3 is 4.57 Å². The standard InChI is InChI=1S/C13H13ClN2O/c1-9-3-4-10(11(14)5-9)6-13(17)12-7-16(2)8-15-12/h3-5,7-8H,6H2,1-2H3. The summed E-state index contributed by atoms with van der Waals surface area (Å²) in [6.45, 7) is 1.97. The Morgan fingerprint density at radius 3 is 2.82 bits per heavy atom. The van der Waals surface area contributed by atoms with Crippen LogP contribution in [-0.4, -0.2) is 15.3 Å². The molecule has 0 aliphatic carbocycles. The molecule has 1 aromatic heterocycles. The second-order valence-electron chi connectivity index (χ2n) is 4.12. The topological polar surface area (TPSA) is 34.9 Å². The van der Waals surface area contributed by atoms with Crippen LogP contribution in [0.2, 0.25) is 5.02 Å². The second-order valence-corrected chi connectivity index (χ2v) is 4.53. The predicted octanol–water partition coefficient (Wildman–Crippen LogP) is 2.81. The molecule has 0 radical (unpaired) electrons. The Labute approximate surface area is 105 Å². The minimum atomic E-state index is -0.0173. The zero-order chi connectivity index (χ0) is 12.4. The van der Waals surface area contributed by atoms with Crippen LogP contribution >= 0.6 is 11.6 Å². The number of carbonyl (C=O) groups excluding carboxylic acids is 1. The van der Waals surface area contributed by atoms with E-state index in [1.165, 1.54) is 0 Å². The third-order valence-corrected chi connectivity index (χ3v) is 2.90. The van der Waals surface area contributed by atoms with Gasteiger partial charge in [0.15, 0.2) is 5.78 Å². The lowest BCUT2D eigenvalue weighted by molar-refractivity contribution is 0.0988. The molecule has 0 spiro atoms. The molecule has 88 valence electrons. The number of Topliss-reactive ketones (excluding diaryl/α,β-unsaturated/α-hetero) is 1. The van der Waals surface area contributed by atoms with Gasteiger partial charge in [0.05, 0.1) is 6.33 Å². The van der Waals surface area contributed by atoms with E-state index < -0.39 is 0 Å². The van der Waals surface area contributed by atoms with Crippen LogP contribution in [0.1, 0.15) is 21.6 Å². The molecule has 0 bridgehead atoms. The summed E-state index contributed by atoms with van der Waals surface area (Å²) in [5, 5.41) is 0.634. The molecule has 0 amide bonds. The van der Waals surface area contributed by atoms with Gasteiger partial charge in [-0.25, -0.2) is 4.98 Å². The number of nitrogens with zero attached hydrogens (tertiary/aromatic N) is 2. The lowest BCUT2D eigenvalue weighted by atomic mass is 10.1. The van der Waals surface area contributed by atoms with E-state index in [2.05, 4.69) is 4.98 Å². The Morgan fingerprint density at radius 1 is 1.47 bits per heavy atom. The van der Waals surface area contributed by atoms with Gasteiger partial charge in [0.2, 0.25) is 0 Å². The van der Waals surface area contributed by atoms with Gasteiger partial charge in [-0.1, -0.05) is 23.7 Å². The molecule has 0 saturated carbocycles. The highest BCUT2D eigenvalue weighted by Gasteiger charge is 2.11. The smallest absolute Gasteiger partial charge is 0.187 e. The first-order valence-corrected chi connectivity index (χ1v) is 5.70. The fourth-order valence-corrected chi connectivity index (χ4v) is 1.92. The molecular formula is C13H13ClN2O. The Balaban J connectivity index is 2.18. The van der Waals surface area contributed by atoms with Crippen molar-refractivity contribution in [3.63, 3.8) is 0 Å². The summed E-state index contributed by atoms with van der Waals surface area (Å²) in [4.78, 5) is 16.0. The second kappa shape index (κ2) is 4.72. The maximum absolute atomic E-state index is 11.9. The number of ketones is 1. The van der Waals surface area contributed by atoms with Crippen LogP contribution in [0.15, 0.2) is 30.7 Å². The quantitative estimate of drug-likeness (QED) is 0.783. The Morgan fingerprint density at radius 2 is 2.24 bits per heavy atom. The van der Waals surface area contributed by atoms with E-state index >= 15 is 0 Å². The van der Waals surface area contributed by atoms with Gasteiger partial charge in [0.1, 0.15) is 5.69 Å². The molecule has 1 aromatic carbocycles. The summed E-state index contributed by atoms with van der Waals surface area (Å²) in [5.74, 6) is -0.0173. The van der Waals surface area contributed by atoms with Crippen LogP contribution < -0.4 is 0 Å². The van der Waals surface area contributed by atoms with Crippen molar-refractivity contribution in [2.24, 2.45) is 7.05 Å². The minimum Gasteiger partial charge on any atom is -0.340 e. The molecule has 0 fully saturated rings. The highest BCUT2D eigenvalue weighted by Crippen LogP contribution is 2.19. The van der Waals surface area contributed by atoms with Crippen molar-refractivity contribution >= 4 is 17.4 Å². The Kier molecular flexibility index (Phi) is 3.29. The number of imidazole rings is 1. The molecule has 0 saturated heterocycles. The molecule has 1 heterocycles. The van der Waals surface area contributed by atoms with Crippen molar-refractivity contribution in [1.82, 2.24) is 9.55 Å². The van der Waals surface area contributed by atoms with Gasteiger partial charge in [-0.3, -0.25) is 4.79 Å². The van der Waals surface area contributed by atoms with Crippen LogP contribution in [0.5, 0.6) is 0 Å². The monoisotopic (exact) mass is 248 g/mol. The van der Waals surface area contributed by atoms with E-state index in [0.29, 0.717) is 10.7 Å². The van der Waals surface area contributed by atoms with E-state index in [-0.39, 0.29) is 12.2 Å². The molecule has 4 heteroatoms. The first-order valence-electron chi connectivity index (χ1n) is 5.32. The molecule has 17 heavy (non-hydrogen) atoms. The average molecular weight is 249 g/mol. The summed E-state index contributed by atoms with van der Waals surface area (Å²) < 4.78 is 1.75. The summed E-state index contributed by atoms with van der Waals surface area (Å²) in [6, 6.07) is 5.70. The van der Waals surface area contributed by atoms with E-state index in [4.69, 9.17) is 11.6 Å². The first-order chi connectivity index (χ1) is 8.06. The highest BCUT2D eigenvalue weighted by molar-refractivity contribution is 6.31. The molecule has 0 N–H and O–H groups in total. The van der Waals surface area contributed by atoms with Crippen LogP contribution in [0, 0.1) is 6.92 Å². The van der Waals surface area contributed by atoms with Crippen molar-refractivity contribution in [2.45, 2.75) is 13.3 Å². The molecule has 3 nitrogen and oxygen atoms in total. The number of hydrogen-bond donors (Lipinski definition) is 0. The highest BCUT2D eigenvalue weighted by atomic mass is 35.5. The average Bonchev–Trinajstić information content (AvgIpc) is 2.69. The van der Waals surface area contributed by atoms with E-state index in [1.807, 2.05) is 32.2 Å². The Bertz CT molecular complexity index is 560. The van der Waals surface area contributed by atoms with Crippen molar-refractivity contribution in [2.75, 3.05) is 0 Å². The van der Waals surface area contributed by atoms with E-state index in [9.17, 15) is 4.79 Å². The normalized spacial score (nSPS) is 10.5. The van der Waals surface area contributed by atoms with E-state index in [0.717, 1.165) is 11.1 Å². The molecule has 0 unspecified atom stereocenters. The number of rotatable bonds is 3. The molecule has 0 aliphatic rings. The number of aromatic nitrogens is 2. The first kappa shape index (κ1) is 11.9. The van der Waals surface area contributed by atoms with Crippen LogP contribution in [0.3, 0.4) is 0 Å². The number of hydrogen-bond acceptors (Lipinski definition) is 2. The van der Waals surface area contributed by atoms with Gasteiger partial charge >= 0.3 is 0 Å². The molecule has 0 atom stereocenters. The molecular weight excluding hydrogens is 236 g/mol. The van der Waals surface area contributed by atoms with Gasteiger partial charge in [-0.05, 0) is 24.1 Å². The number of aryl methyl sites for hydroxylation is 2. The molecule has 2 aromatic rings. The summed E-state index contributed by atoms with van der Waals surface area (Å²) >= 11 is 6.09. The van der Waals surface area contributed by atoms with E-state index in [1.54, 1.807) is 17.1 Å². The van der Waals surface area contributed by atoms with Crippen molar-refractivity contribution in [3.05, 3.63) is 52.6 Å². The predicted molar refractivity (Wildman–Crippen MR) is 67.4 cm³/mol. The zero-order valence-electron chi connectivity index (χ0n) is 9.77. The largest absolute Gasteiger partial charge is 0.340 e. The minimum absolute atomic E-state index is 0.0173. The molecule has 0 aliphatic heterocycles. The fraction of sp³-hybridized carbons (Fsp3) is 0.231. The summed E-state index contributed by atoms with van der Waals surface area (Å²) in [7, 11) is 1.84. The third-order valence-electron chi connectivity index (χ3n) is 2.55. The zero-order valence-corrected chi connectivity index (χ0v) is 10.5. The summed E-state index contributed by atoms with van der Waals surface area (Å²) in [6.07, 6.45) is 3.62. The van der Waals surface area contributed by atoms with Crippen LogP contribution in [0.4, 0.5) is 0 Å². The van der Waals surface area contributed by atoms with Gasteiger partial charge in [-0.2, -0.15) is 0 Å². The maximum atomic E-state index is 11.9. The van der Waals surface area contributed by atoms with Gasteiger partial charge in [-0.15, -0.1) is 0 Å². The maximum Gasteiger partial charge on any atom is 0.187 e.